The van der Waals surface area contributed by atoms with Gasteiger partial charge in [0.05, 0.1) is 39.5 Å². The molecule has 1 aliphatic carbocycles. The highest BCUT2D eigenvalue weighted by Crippen LogP contribution is 2.44. The number of nitrogens with one attached hydrogen (secondary N) is 1. The van der Waals surface area contributed by atoms with Gasteiger partial charge in [-0.3, -0.25) is 22.8 Å². The van der Waals surface area contributed by atoms with E-state index < -0.39 is 5.97 Å². The summed E-state index contributed by atoms with van der Waals surface area (Å²) in [5.41, 5.74) is 35.5. The second-order valence-corrected chi connectivity index (χ2v) is 26.0. The van der Waals surface area contributed by atoms with Crippen LogP contribution in [0.5, 0.6) is 0 Å². The molecule has 3 aliphatic rings. The number of hydrogen-bond donors (Lipinski definition) is 5. The topological polar surface area (TPSA) is 277 Å². The molecule has 0 unspecified atom stereocenters. The van der Waals surface area contributed by atoms with Crippen molar-refractivity contribution in [3.05, 3.63) is 237 Å². The fourth-order valence-corrected chi connectivity index (χ4v) is 14.4. The van der Waals surface area contributed by atoms with Gasteiger partial charge in [-0.1, -0.05) is 146 Å². The highest BCUT2D eigenvalue weighted by atomic mass is 16.4. The summed E-state index contributed by atoms with van der Waals surface area (Å²) in [5.74, 6) is 4.02. The zero-order chi connectivity index (χ0) is 68.0. The first kappa shape index (κ1) is 62.5. The van der Waals surface area contributed by atoms with Crippen LogP contribution in [0.1, 0.15) is 80.7 Å². The Morgan fingerprint density at radius 2 is 0.760 bits per heavy atom. The summed E-state index contributed by atoms with van der Waals surface area (Å²) in [7, 11) is 0. The molecular formula is C80H71N17O3. The zero-order valence-corrected chi connectivity index (χ0v) is 55.0. The number of aromatic nitrogens is 12. The number of nitrogen functional groups attached to an aromatic ring is 3. The second kappa shape index (κ2) is 26.6. The number of pyridine rings is 3. The van der Waals surface area contributed by atoms with Gasteiger partial charge in [0, 0.05) is 124 Å². The fourth-order valence-electron chi connectivity index (χ4n) is 14.4. The molecule has 11 heterocycles. The summed E-state index contributed by atoms with van der Waals surface area (Å²) in [6.07, 6.45) is 15.9. The van der Waals surface area contributed by atoms with Crippen molar-refractivity contribution in [1.82, 2.24) is 68.3 Å². The van der Waals surface area contributed by atoms with Crippen molar-refractivity contribution in [3.8, 4) is 67.5 Å². The van der Waals surface area contributed by atoms with E-state index in [0.29, 0.717) is 36.2 Å². The van der Waals surface area contributed by atoms with Crippen LogP contribution in [0.3, 0.4) is 0 Å². The van der Waals surface area contributed by atoms with Crippen molar-refractivity contribution in [3.63, 3.8) is 0 Å². The Morgan fingerprint density at radius 3 is 1.11 bits per heavy atom. The number of anilines is 3. The highest BCUT2D eigenvalue weighted by Gasteiger charge is 2.39. The quantitative estimate of drug-likeness (QED) is 0.0851. The van der Waals surface area contributed by atoms with Gasteiger partial charge in [-0.2, -0.15) is 0 Å². The number of carbonyl (C=O) groups excluding carboxylic acids is 1. The molecular weight excluding hydrogens is 1250 g/mol. The molecule has 15 aromatic rings. The lowest BCUT2D eigenvalue weighted by Crippen LogP contribution is -2.36. The van der Waals surface area contributed by atoms with Crippen molar-refractivity contribution in [1.29, 1.82) is 0 Å². The van der Waals surface area contributed by atoms with Crippen LogP contribution in [-0.4, -0.2) is 106 Å². The van der Waals surface area contributed by atoms with Crippen LogP contribution in [0.15, 0.2) is 219 Å². The molecule has 3 fully saturated rings. The minimum Gasteiger partial charge on any atom is -0.481 e. The maximum absolute atomic E-state index is 11.8. The first-order valence-electron chi connectivity index (χ1n) is 33.9. The van der Waals surface area contributed by atoms with Crippen LogP contribution in [0, 0.1) is 5.92 Å². The number of amides is 1. The van der Waals surface area contributed by atoms with Gasteiger partial charge in [-0.25, -0.2) is 44.9 Å². The number of carbonyl (C=O) groups is 2. The molecule has 0 radical (unpaired) electrons. The lowest BCUT2D eigenvalue weighted by atomic mass is 9.74. The predicted octanol–water partition coefficient (Wildman–Crippen LogP) is 14.4. The molecule has 20 nitrogen and oxygen atoms in total. The Balaban J connectivity index is 0.000000117. The Hall–Kier alpha value is -12.3. The van der Waals surface area contributed by atoms with Gasteiger partial charge in [0.25, 0.3) is 0 Å². The van der Waals surface area contributed by atoms with E-state index in [1.807, 2.05) is 119 Å². The number of rotatable bonds is 10. The molecule has 18 rings (SSSR count). The predicted molar refractivity (Wildman–Crippen MR) is 393 cm³/mol. The number of likely N-dealkylation sites (tertiary alicyclic amines) is 1. The van der Waals surface area contributed by atoms with Gasteiger partial charge in [0.2, 0.25) is 5.91 Å². The summed E-state index contributed by atoms with van der Waals surface area (Å²) in [4.78, 5) is 67.9. The number of piperidine rings is 2. The fraction of sp³-hybridized carbons (Fsp3) is 0.188. The minimum atomic E-state index is -0.747. The summed E-state index contributed by atoms with van der Waals surface area (Å²) in [6.45, 7) is 5.14. The summed E-state index contributed by atoms with van der Waals surface area (Å²) < 4.78 is 6.16. The number of hydrogen-bond acceptors (Lipinski definition) is 15. The second-order valence-electron chi connectivity index (χ2n) is 26.0. The van der Waals surface area contributed by atoms with Crippen molar-refractivity contribution < 1.29 is 14.7 Å². The highest BCUT2D eigenvalue weighted by molar-refractivity contribution is 5.95. The summed E-state index contributed by atoms with van der Waals surface area (Å²) >= 11 is 0. The minimum absolute atomic E-state index is 0.0809. The van der Waals surface area contributed by atoms with Gasteiger partial charge in [-0.15, -0.1) is 0 Å². The third-order valence-electron chi connectivity index (χ3n) is 19.8. The molecule has 494 valence electrons. The third-order valence-corrected chi connectivity index (χ3v) is 19.8. The van der Waals surface area contributed by atoms with Crippen molar-refractivity contribution >= 4 is 78.6 Å². The normalized spacial score (nSPS) is 15.8. The number of nitrogens with zero attached hydrogens (tertiary/aromatic N) is 13. The average Bonchev–Trinajstić information content (AvgIpc) is 1.58. The van der Waals surface area contributed by atoms with Crippen LogP contribution >= 0.6 is 0 Å². The first-order valence-corrected chi connectivity index (χ1v) is 33.9. The Bertz CT molecular complexity index is 5580. The maximum Gasteiger partial charge on any atom is 0.306 e. The number of nitrogens with two attached hydrogens (primary N) is 3. The zero-order valence-electron chi connectivity index (χ0n) is 55.0. The molecule has 2 saturated heterocycles. The van der Waals surface area contributed by atoms with Gasteiger partial charge >= 0.3 is 5.97 Å². The van der Waals surface area contributed by atoms with E-state index in [0.717, 1.165) is 186 Å². The number of fused-ring (bicyclic) bond motifs is 6. The SMILES string of the molecule is CC(=O)N1CCC(c2nc(-c3ccc4ccc(-c5ccccc5)nc4c3)c3c(N)nccn23)CC1.Nc1nccn2c(C3CC(C(=O)O)C3)nc(-c3ccc4ccc(-c5ccccc5)nc4c3)c12.Nc1nccn2c(C3CCNCC3)nc(-c3ccc4ccc(-c5ccccc5)nc4c3)c12. The molecule has 0 atom stereocenters. The molecule has 6 aromatic carbocycles. The monoisotopic (exact) mass is 1320 g/mol. The lowest BCUT2D eigenvalue weighted by Gasteiger charge is -2.31. The van der Waals surface area contributed by atoms with E-state index in [2.05, 4.69) is 120 Å². The van der Waals surface area contributed by atoms with Gasteiger partial charge < -0.3 is 32.5 Å². The molecule has 2 aliphatic heterocycles. The molecule has 100 heavy (non-hydrogen) atoms. The van der Waals surface area contributed by atoms with Crippen LogP contribution in [0.25, 0.3) is 117 Å². The lowest BCUT2D eigenvalue weighted by molar-refractivity contribution is -0.145. The molecule has 20 heteroatoms. The largest absolute Gasteiger partial charge is 0.481 e. The number of carboxylic acids is 1. The Labute approximate surface area is 575 Å². The molecule has 0 bridgehead atoms. The van der Waals surface area contributed by atoms with Crippen LogP contribution in [-0.2, 0) is 9.59 Å². The van der Waals surface area contributed by atoms with E-state index in [9.17, 15) is 14.7 Å². The Morgan fingerprint density at radius 1 is 0.420 bits per heavy atom. The van der Waals surface area contributed by atoms with Crippen molar-refractivity contribution in [2.45, 2.75) is 63.2 Å². The third kappa shape index (κ3) is 12.1. The van der Waals surface area contributed by atoms with E-state index in [1.165, 1.54) is 0 Å². The number of imidazole rings is 3. The Kier molecular flexibility index (Phi) is 16.6. The van der Waals surface area contributed by atoms with E-state index in [-0.39, 0.29) is 23.7 Å². The number of aliphatic carboxylic acids is 1. The average molecular weight is 1320 g/mol. The summed E-state index contributed by atoms with van der Waals surface area (Å²) in [6, 6.07) is 61.6. The van der Waals surface area contributed by atoms with E-state index in [1.54, 1.807) is 25.5 Å². The maximum atomic E-state index is 11.8. The van der Waals surface area contributed by atoms with Crippen LogP contribution in [0.4, 0.5) is 17.5 Å². The summed E-state index contributed by atoms with van der Waals surface area (Å²) in [5, 5.41) is 15.9. The number of benzene rings is 6. The molecule has 9 aromatic heterocycles. The van der Waals surface area contributed by atoms with Gasteiger partial charge in [0.15, 0.2) is 0 Å². The standard InChI is InChI=1S/C28H26N6O.C26H24N6.C26H21N5O2/c1-18(35)33-14-11-21(12-15-33)28-32-25(26-27(29)30-13-16-34(26)28)22-8-7-20-9-10-23(31-24(20)17-22)19-5-3-2-4-6-19;27-25-24-23(31-26(32(24)15-14-29-25)19-10-12-28-13-11-19)20-7-6-18-8-9-21(30-22(18)16-20)17-4-2-1-3-5-17;27-24-23-22(30-25(31(23)11-10-28-24)18-12-19(13-18)26(32)33)17-7-6-16-8-9-20(29-21(16)14-17)15-4-2-1-3-5-15/h2-10,13,16-17,21H,11-12,14-15H2,1H3,(H2,29,30);1-9,14-16,19,28H,10-13H2,(H2,27,29);1-11,14,18-19H,12-13H2,(H2,27,28)(H,32,33). The first-order chi connectivity index (χ1) is 48.9. The molecule has 0 spiro atoms. The van der Waals surface area contributed by atoms with Crippen molar-refractivity contribution in [2.24, 2.45) is 5.92 Å². The smallest absolute Gasteiger partial charge is 0.306 e. The van der Waals surface area contributed by atoms with Crippen molar-refractivity contribution in [2.75, 3.05) is 43.4 Å². The molecule has 1 saturated carbocycles. The molecule has 1 amide bonds. The van der Waals surface area contributed by atoms with Gasteiger partial charge in [-0.05, 0) is 88.0 Å². The van der Waals surface area contributed by atoms with Gasteiger partial charge in [0.1, 0.15) is 68.6 Å². The van der Waals surface area contributed by atoms with Crippen LogP contribution in [0.2, 0.25) is 0 Å². The van der Waals surface area contributed by atoms with E-state index in [4.69, 9.17) is 47.1 Å². The van der Waals surface area contributed by atoms with Crippen LogP contribution < -0.4 is 22.5 Å². The molecule has 8 N–H and O–H groups in total. The number of carboxylic acid groups (broad SMARTS) is 1. The van der Waals surface area contributed by atoms with E-state index >= 15 is 0 Å².